The van der Waals surface area contributed by atoms with E-state index in [1.165, 1.54) is 0 Å². The molecule has 1 fully saturated rings. The lowest BCUT2D eigenvalue weighted by atomic mass is 9.96. The van der Waals surface area contributed by atoms with Crippen LogP contribution >= 0.6 is 0 Å². The topological polar surface area (TPSA) is 52.6 Å². The number of amides is 1. The van der Waals surface area contributed by atoms with Gasteiger partial charge in [-0.15, -0.1) is 0 Å². The van der Waals surface area contributed by atoms with Crippen molar-refractivity contribution in [1.82, 2.24) is 5.32 Å². The third-order valence-corrected chi connectivity index (χ3v) is 4.07. The zero-order valence-electron chi connectivity index (χ0n) is 12.3. The molecule has 0 saturated carbocycles. The lowest BCUT2D eigenvalue weighted by Crippen LogP contribution is -2.42. The van der Waals surface area contributed by atoms with Crippen molar-refractivity contribution in [3.63, 3.8) is 0 Å². The Kier molecular flexibility index (Phi) is 5.01. The fourth-order valence-corrected chi connectivity index (χ4v) is 2.77. The minimum Gasteiger partial charge on any atom is -0.388 e. The third kappa shape index (κ3) is 3.31. The number of piperidine rings is 1. The molecule has 0 aliphatic carbocycles. The van der Waals surface area contributed by atoms with Crippen molar-refractivity contribution >= 4 is 11.6 Å². The summed E-state index contributed by atoms with van der Waals surface area (Å²) in [6.07, 6.45) is 2.34. The van der Waals surface area contributed by atoms with Gasteiger partial charge in [0.1, 0.15) is 0 Å². The van der Waals surface area contributed by atoms with Crippen LogP contribution in [0.3, 0.4) is 0 Å². The minimum absolute atomic E-state index is 0.0784. The van der Waals surface area contributed by atoms with Gasteiger partial charge in [0.2, 0.25) is 5.91 Å². The van der Waals surface area contributed by atoms with Crippen LogP contribution in [0.15, 0.2) is 24.3 Å². The molecule has 2 N–H and O–H groups in total. The van der Waals surface area contributed by atoms with Crippen LogP contribution in [0.1, 0.15) is 37.9 Å². The standard InChI is InChI=1S/C16H24N2O2/c1-3-15(19)12-6-8-14(9-7-12)18-10-4-5-13(11-18)16(20)17-2/h6-9,13,15,19H,3-5,10-11H2,1-2H3,(H,17,20)/t13?,15-/m0/s1. The van der Waals surface area contributed by atoms with Gasteiger partial charge in [0, 0.05) is 25.8 Å². The molecule has 1 aliphatic rings. The minimum atomic E-state index is -0.385. The molecule has 4 nitrogen and oxygen atoms in total. The predicted molar refractivity (Wildman–Crippen MR) is 80.7 cm³/mol. The van der Waals surface area contributed by atoms with Gasteiger partial charge in [-0.05, 0) is 37.0 Å². The monoisotopic (exact) mass is 276 g/mol. The normalized spacial score (nSPS) is 20.6. The molecule has 0 radical (unpaired) electrons. The summed E-state index contributed by atoms with van der Waals surface area (Å²) in [5, 5.41) is 12.6. The Morgan fingerprint density at radius 3 is 2.75 bits per heavy atom. The van der Waals surface area contributed by atoms with E-state index in [1.54, 1.807) is 7.05 Å². The molecule has 0 aromatic heterocycles. The van der Waals surface area contributed by atoms with E-state index in [9.17, 15) is 9.90 Å². The van der Waals surface area contributed by atoms with E-state index >= 15 is 0 Å². The van der Waals surface area contributed by atoms with Gasteiger partial charge < -0.3 is 15.3 Å². The fourth-order valence-electron chi connectivity index (χ4n) is 2.77. The lowest BCUT2D eigenvalue weighted by Gasteiger charge is -2.33. The number of carbonyl (C=O) groups excluding carboxylic acids is 1. The third-order valence-electron chi connectivity index (χ3n) is 4.07. The van der Waals surface area contributed by atoms with Gasteiger partial charge in [-0.25, -0.2) is 0 Å². The smallest absolute Gasteiger partial charge is 0.224 e. The van der Waals surface area contributed by atoms with Crippen molar-refractivity contribution in [2.75, 3.05) is 25.0 Å². The van der Waals surface area contributed by atoms with Crippen molar-refractivity contribution in [1.29, 1.82) is 0 Å². The van der Waals surface area contributed by atoms with Gasteiger partial charge in [0.25, 0.3) is 0 Å². The maximum absolute atomic E-state index is 11.8. The van der Waals surface area contributed by atoms with Crippen molar-refractivity contribution in [2.45, 2.75) is 32.3 Å². The number of aliphatic hydroxyl groups excluding tert-OH is 1. The molecule has 1 aromatic rings. The first kappa shape index (κ1) is 14.9. The highest BCUT2D eigenvalue weighted by molar-refractivity contribution is 5.79. The molecule has 1 heterocycles. The Morgan fingerprint density at radius 1 is 1.45 bits per heavy atom. The summed E-state index contributed by atoms with van der Waals surface area (Å²) in [5.74, 6) is 0.211. The van der Waals surface area contributed by atoms with Crippen LogP contribution in [-0.2, 0) is 4.79 Å². The average molecular weight is 276 g/mol. The molecular weight excluding hydrogens is 252 g/mol. The Hall–Kier alpha value is -1.55. The number of nitrogens with zero attached hydrogens (tertiary/aromatic N) is 1. The van der Waals surface area contributed by atoms with Crippen molar-refractivity contribution < 1.29 is 9.90 Å². The second-order valence-electron chi connectivity index (χ2n) is 5.41. The van der Waals surface area contributed by atoms with Gasteiger partial charge in [0.05, 0.1) is 12.0 Å². The highest BCUT2D eigenvalue weighted by atomic mass is 16.3. The molecule has 1 saturated heterocycles. The summed E-state index contributed by atoms with van der Waals surface area (Å²) in [4.78, 5) is 14.0. The molecule has 20 heavy (non-hydrogen) atoms. The molecular formula is C16H24N2O2. The number of benzene rings is 1. The Labute approximate surface area is 120 Å². The van der Waals surface area contributed by atoms with Crippen LogP contribution < -0.4 is 10.2 Å². The second-order valence-corrected chi connectivity index (χ2v) is 5.41. The van der Waals surface area contributed by atoms with Crippen LogP contribution in [0.5, 0.6) is 0 Å². The molecule has 1 amide bonds. The maximum atomic E-state index is 11.8. The van der Waals surface area contributed by atoms with E-state index in [4.69, 9.17) is 0 Å². The Morgan fingerprint density at radius 2 is 2.15 bits per heavy atom. The maximum Gasteiger partial charge on any atom is 0.224 e. The van der Waals surface area contributed by atoms with E-state index in [2.05, 4.69) is 10.2 Å². The van der Waals surface area contributed by atoms with Crippen molar-refractivity contribution in [3.8, 4) is 0 Å². The van der Waals surface area contributed by atoms with Crippen molar-refractivity contribution in [2.24, 2.45) is 5.92 Å². The van der Waals surface area contributed by atoms with Crippen LogP contribution in [0.2, 0.25) is 0 Å². The number of carbonyl (C=O) groups is 1. The van der Waals surface area contributed by atoms with E-state index in [-0.39, 0.29) is 17.9 Å². The zero-order valence-corrected chi connectivity index (χ0v) is 12.3. The van der Waals surface area contributed by atoms with Crippen LogP contribution in [0, 0.1) is 5.92 Å². The molecule has 0 bridgehead atoms. The van der Waals surface area contributed by atoms with E-state index < -0.39 is 0 Å². The first-order valence-electron chi connectivity index (χ1n) is 7.40. The first-order valence-corrected chi connectivity index (χ1v) is 7.40. The summed E-state index contributed by atoms with van der Waals surface area (Å²) >= 11 is 0. The summed E-state index contributed by atoms with van der Waals surface area (Å²) in [6, 6.07) is 8.04. The molecule has 1 aliphatic heterocycles. The molecule has 2 rings (SSSR count). The molecule has 1 aromatic carbocycles. The lowest BCUT2D eigenvalue weighted by molar-refractivity contribution is -0.124. The average Bonchev–Trinajstić information content (AvgIpc) is 2.53. The predicted octanol–water partition coefficient (Wildman–Crippen LogP) is 2.09. The number of anilines is 1. The summed E-state index contributed by atoms with van der Waals surface area (Å²) in [7, 11) is 1.70. The van der Waals surface area contributed by atoms with Crippen molar-refractivity contribution in [3.05, 3.63) is 29.8 Å². The zero-order chi connectivity index (χ0) is 14.5. The number of aliphatic hydroxyl groups is 1. The summed E-state index contributed by atoms with van der Waals surface area (Å²) < 4.78 is 0. The largest absolute Gasteiger partial charge is 0.388 e. The Balaban J connectivity index is 2.05. The first-order chi connectivity index (χ1) is 9.65. The van der Waals surface area contributed by atoms with Crippen LogP contribution in [0.25, 0.3) is 0 Å². The van der Waals surface area contributed by atoms with E-state index in [0.717, 1.165) is 43.6 Å². The number of nitrogens with one attached hydrogen (secondary N) is 1. The summed E-state index contributed by atoms with van der Waals surface area (Å²) in [6.45, 7) is 3.73. The van der Waals surface area contributed by atoms with E-state index in [0.29, 0.717) is 0 Å². The molecule has 2 atom stereocenters. The molecule has 110 valence electrons. The van der Waals surface area contributed by atoms with Gasteiger partial charge >= 0.3 is 0 Å². The summed E-state index contributed by atoms with van der Waals surface area (Å²) in [5.41, 5.74) is 2.08. The molecule has 4 heteroatoms. The quantitative estimate of drug-likeness (QED) is 0.885. The number of hydrogen-bond acceptors (Lipinski definition) is 3. The number of hydrogen-bond donors (Lipinski definition) is 2. The van der Waals surface area contributed by atoms with Crippen LogP contribution in [0.4, 0.5) is 5.69 Å². The van der Waals surface area contributed by atoms with Gasteiger partial charge in [-0.2, -0.15) is 0 Å². The van der Waals surface area contributed by atoms with Crippen LogP contribution in [-0.4, -0.2) is 31.2 Å². The number of rotatable bonds is 4. The van der Waals surface area contributed by atoms with E-state index in [1.807, 2.05) is 31.2 Å². The van der Waals surface area contributed by atoms with Gasteiger partial charge in [-0.1, -0.05) is 19.1 Å². The Bertz CT molecular complexity index is 444. The fraction of sp³-hybridized carbons (Fsp3) is 0.562. The highest BCUT2D eigenvalue weighted by Crippen LogP contribution is 2.25. The second kappa shape index (κ2) is 6.75. The SMILES string of the molecule is CC[C@H](O)c1ccc(N2CCCC(C(=O)NC)C2)cc1. The van der Waals surface area contributed by atoms with Gasteiger partial charge in [0.15, 0.2) is 0 Å². The van der Waals surface area contributed by atoms with Gasteiger partial charge in [-0.3, -0.25) is 4.79 Å². The molecule has 0 spiro atoms. The molecule has 1 unspecified atom stereocenters. The highest BCUT2D eigenvalue weighted by Gasteiger charge is 2.25.